The predicted molar refractivity (Wildman–Crippen MR) is 112 cm³/mol. The monoisotopic (exact) mass is 407 g/mol. The van der Waals surface area contributed by atoms with Crippen molar-refractivity contribution >= 4 is 11.8 Å². The van der Waals surface area contributed by atoms with E-state index in [1.165, 1.54) is 17.3 Å². The summed E-state index contributed by atoms with van der Waals surface area (Å²) in [5, 5.41) is 13.5. The average Bonchev–Trinajstić information content (AvgIpc) is 3.39. The van der Waals surface area contributed by atoms with Crippen molar-refractivity contribution in [3.8, 4) is 28.5 Å². The lowest BCUT2D eigenvalue weighted by Crippen LogP contribution is -1.97. The summed E-state index contributed by atoms with van der Waals surface area (Å²) in [5.41, 5.74) is 3.12. The second kappa shape index (κ2) is 8.48. The van der Waals surface area contributed by atoms with Crippen LogP contribution < -0.4 is 4.74 Å². The molecule has 0 aliphatic heterocycles. The maximum absolute atomic E-state index is 5.43. The van der Waals surface area contributed by atoms with Gasteiger partial charge in [-0.05, 0) is 24.1 Å². The van der Waals surface area contributed by atoms with Crippen LogP contribution >= 0.6 is 11.8 Å². The van der Waals surface area contributed by atoms with Gasteiger partial charge >= 0.3 is 0 Å². The van der Waals surface area contributed by atoms with Crippen LogP contribution in [0.4, 0.5) is 0 Å². The van der Waals surface area contributed by atoms with Crippen LogP contribution in [-0.2, 0) is 19.2 Å². The van der Waals surface area contributed by atoms with E-state index in [0.29, 0.717) is 17.5 Å². The van der Waals surface area contributed by atoms with Gasteiger partial charge in [-0.1, -0.05) is 60.2 Å². The number of aromatic nitrogens is 5. The van der Waals surface area contributed by atoms with Gasteiger partial charge in [-0.2, -0.15) is 4.98 Å². The summed E-state index contributed by atoms with van der Waals surface area (Å²) >= 11 is 1.50. The minimum atomic E-state index is 0.512. The van der Waals surface area contributed by atoms with Gasteiger partial charge in [0, 0.05) is 12.6 Å². The Morgan fingerprint density at radius 2 is 1.86 bits per heavy atom. The van der Waals surface area contributed by atoms with E-state index >= 15 is 0 Å². The highest BCUT2D eigenvalue weighted by Gasteiger charge is 2.16. The van der Waals surface area contributed by atoms with E-state index < -0.39 is 0 Å². The van der Waals surface area contributed by atoms with E-state index in [2.05, 4.69) is 39.4 Å². The third-order valence-electron chi connectivity index (χ3n) is 4.60. The van der Waals surface area contributed by atoms with E-state index in [1.54, 1.807) is 7.11 Å². The summed E-state index contributed by atoms with van der Waals surface area (Å²) in [7, 11) is 3.58. The maximum atomic E-state index is 5.43. The molecule has 0 atom stereocenters. The molecule has 0 aliphatic rings. The maximum Gasteiger partial charge on any atom is 0.237 e. The largest absolute Gasteiger partial charge is 0.496 e. The van der Waals surface area contributed by atoms with Crippen molar-refractivity contribution in [2.75, 3.05) is 7.11 Å². The van der Waals surface area contributed by atoms with E-state index in [-0.39, 0.29) is 0 Å². The lowest BCUT2D eigenvalue weighted by atomic mass is 10.1. The Morgan fingerprint density at radius 3 is 2.62 bits per heavy atom. The van der Waals surface area contributed by atoms with Crippen molar-refractivity contribution < 1.29 is 9.26 Å². The van der Waals surface area contributed by atoms with Crippen molar-refractivity contribution in [1.29, 1.82) is 0 Å². The average molecular weight is 407 g/mol. The third-order valence-corrected chi connectivity index (χ3v) is 5.60. The van der Waals surface area contributed by atoms with Crippen molar-refractivity contribution in [2.45, 2.75) is 24.3 Å². The number of hydrogen-bond acceptors (Lipinski definition) is 7. The number of nitrogens with zero attached hydrogens (tertiary/aromatic N) is 5. The molecule has 4 rings (SSSR count). The van der Waals surface area contributed by atoms with Crippen LogP contribution in [0.15, 0.2) is 58.2 Å². The highest BCUT2D eigenvalue weighted by molar-refractivity contribution is 7.98. The third kappa shape index (κ3) is 4.02. The molecule has 0 N–H and O–H groups in total. The number of thioether (sulfide) groups is 1. The van der Waals surface area contributed by atoms with E-state index in [4.69, 9.17) is 9.26 Å². The van der Waals surface area contributed by atoms with Crippen molar-refractivity contribution in [3.63, 3.8) is 0 Å². The van der Waals surface area contributed by atoms with E-state index in [9.17, 15) is 0 Å². The molecule has 7 nitrogen and oxygen atoms in total. The Labute approximate surface area is 173 Å². The molecule has 0 amide bonds. The molecule has 4 aromatic rings. The minimum absolute atomic E-state index is 0.512. The molecule has 0 aliphatic carbocycles. The van der Waals surface area contributed by atoms with Gasteiger partial charge in [0.1, 0.15) is 5.75 Å². The highest BCUT2D eigenvalue weighted by Crippen LogP contribution is 2.31. The molecule has 8 heteroatoms. The van der Waals surface area contributed by atoms with Gasteiger partial charge in [0.2, 0.25) is 11.7 Å². The Balaban J connectivity index is 1.47. The van der Waals surface area contributed by atoms with Crippen molar-refractivity contribution in [2.24, 2.45) is 7.05 Å². The molecule has 0 saturated heterocycles. The molecule has 29 heavy (non-hydrogen) atoms. The molecular weight excluding hydrogens is 386 g/mol. The Bertz CT molecular complexity index is 1100. The number of hydrogen-bond donors (Lipinski definition) is 0. The number of benzene rings is 2. The second-order valence-corrected chi connectivity index (χ2v) is 7.36. The van der Waals surface area contributed by atoms with Crippen LogP contribution in [0.1, 0.15) is 18.4 Å². The van der Waals surface area contributed by atoms with Gasteiger partial charge in [0.15, 0.2) is 11.0 Å². The molecule has 2 aromatic heterocycles. The smallest absolute Gasteiger partial charge is 0.237 e. The van der Waals surface area contributed by atoms with Gasteiger partial charge in [-0.3, -0.25) is 0 Å². The lowest BCUT2D eigenvalue weighted by Gasteiger charge is -2.07. The minimum Gasteiger partial charge on any atom is -0.496 e. The molecule has 148 valence electrons. The molecule has 2 aromatic carbocycles. The second-order valence-electron chi connectivity index (χ2n) is 6.42. The molecule has 0 spiro atoms. The van der Waals surface area contributed by atoms with Crippen molar-refractivity contribution in [3.05, 3.63) is 60.0 Å². The summed E-state index contributed by atoms with van der Waals surface area (Å²) in [6.07, 6.45) is 1.00. The van der Waals surface area contributed by atoms with Gasteiger partial charge < -0.3 is 13.8 Å². The van der Waals surface area contributed by atoms with E-state index in [0.717, 1.165) is 34.3 Å². The Hall–Kier alpha value is -3.13. The van der Waals surface area contributed by atoms with Gasteiger partial charge in [-0.25, -0.2) is 0 Å². The quantitative estimate of drug-likeness (QED) is 0.420. The Morgan fingerprint density at radius 1 is 1.07 bits per heavy atom. The van der Waals surface area contributed by atoms with E-state index in [1.807, 2.05) is 48.0 Å². The normalized spacial score (nSPS) is 11.0. The number of aryl methyl sites for hydroxylation is 1. The zero-order chi connectivity index (χ0) is 20.2. The molecule has 0 radical (unpaired) electrons. The SMILES string of the molecule is CCc1ccc(-c2noc(CSc3nnc(-c4ccccc4OC)n3C)n2)cc1. The van der Waals surface area contributed by atoms with Crippen LogP contribution in [-0.4, -0.2) is 32.0 Å². The summed E-state index contributed by atoms with van der Waals surface area (Å²) in [6, 6.07) is 15.9. The fourth-order valence-electron chi connectivity index (χ4n) is 2.95. The fraction of sp³-hybridized carbons (Fsp3) is 0.238. The predicted octanol–water partition coefficient (Wildman–Crippen LogP) is 4.40. The first-order valence-corrected chi connectivity index (χ1v) is 10.3. The van der Waals surface area contributed by atoms with Gasteiger partial charge in [0.05, 0.1) is 18.4 Å². The van der Waals surface area contributed by atoms with Crippen LogP contribution in [0, 0.1) is 0 Å². The molecule has 0 saturated carbocycles. The van der Waals surface area contributed by atoms with Crippen molar-refractivity contribution in [1.82, 2.24) is 24.9 Å². The van der Waals surface area contributed by atoms with Crippen LogP contribution in [0.25, 0.3) is 22.8 Å². The zero-order valence-electron chi connectivity index (χ0n) is 16.5. The van der Waals surface area contributed by atoms with Gasteiger partial charge in [-0.15, -0.1) is 10.2 Å². The number of rotatable bonds is 7. The molecule has 0 fully saturated rings. The lowest BCUT2D eigenvalue weighted by molar-refractivity contribution is 0.391. The van der Waals surface area contributed by atoms with Crippen LogP contribution in [0.2, 0.25) is 0 Å². The molecular formula is C21H21N5O2S. The molecule has 0 unspecified atom stereocenters. The summed E-state index contributed by atoms with van der Waals surface area (Å²) in [4.78, 5) is 4.50. The van der Waals surface area contributed by atoms with Crippen LogP contribution in [0.3, 0.4) is 0 Å². The number of methoxy groups -OCH3 is 1. The first-order valence-electron chi connectivity index (χ1n) is 9.27. The number of para-hydroxylation sites is 1. The molecule has 2 heterocycles. The zero-order valence-corrected chi connectivity index (χ0v) is 17.3. The fourth-order valence-corrected chi connectivity index (χ4v) is 3.70. The summed E-state index contributed by atoms with van der Waals surface area (Å²) in [6.45, 7) is 2.13. The highest BCUT2D eigenvalue weighted by atomic mass is 32.2. The van der Waals surface area contributed by atoms with Gasteiger partial charge in [0.25, 0.3) is 0 Å². The molecule has 0 bridgehead atoms. The Kier molecular flexibility index (Phi) is 5.62. The van der Waals surface area contributed by atoms with Crippen LogP contribution in [0.5, 0.6) is 5.75 Å². The summed E-state index contributed by atoms with van der Waals surface area (Å²) in [5.74, 6) is 3.16. The summed E-state index contributed by atoms with van der Waals surface area (Å²) < 4.78 is 12.8. The number of ether oxygens (including phenoxy) is 1. The standard InChI is InChI=1S/C21H21N5O2S/c1-4-14-9-11-15(12-10-14)19-22-18(28-25-19)13-29-21-24-23-20(26(21)2)16-7-5-6-8-17(16)27-3/h5-12H,4,13H2,1-3H3. The topological polar surface area (TPSA) is 78.9 Å². The first-order chi connectivity index (χ1) is 14.2. The first kappa shape index (κ1) is 19.2.